The van der Waals surface area contributed by atoms with Crippen LogP contribution in [0.15, 0.2) is 35.3 Å². The van der Waals surface area contributed by atoms with E-state index < -0.39 is 269 Å². The van der Waals surface area contributed by atoms with Gasteiger partial charge in [-0.1, -0.05) is 58.0 Å². The summed E-state index contributed by atoms with van der Waals surface area (Å²) in [5, 5.41) is 90.4. The second kappa shape index (κ2) is 48.8. The first-order chi connectivity index (χ1) is 50.5. The Hall–Kier alpha value is -12.2. The zero-order valence-electron chi connectivity index (χ0n) is 59.9. The summed E-state index contributed by atoms with van der Waals surface area (Å²) in [7, 11) is 0. The lowest BCUT2D eigenvalue weighted by atomic mass is 10.0. The van der Waals surface area contributed by atoms with Gasteiger partial charge in [0, 0.05) is 25.8 Å². The monoisotopic (exact) mass is 1540 g/mol. The summed E-state index contributed by atoms with van der Waals surface area (Å²) in [6.07, 6.45) is -5.18. The van der Waals surface area contributed by atoms with E-state index in [1.807, 2.05) is 10.6 Å². The molecule has 0 aromatic heterocycles. The minimum absolute atomic E-state index is 0.0559. The van der Waals surface area contributed by atoms with Gasteiger partial charge in [0.2, 0.25) is 88.6 Å². The van der Waals surface area contributed by atoms with Crippen LogP contribution in [0.5, 0.6) is 0 Å². The first-order valence-corrected chi connectivity index (χ1v) is 33.5. The number of hydrogen-bond acceptors (Lipinski definition) is 23. The van der Waals surface area contributed by atoms with Crippen LogP contribution in [0.25, 0.3) is 0 Å². The summed E-state index contributed by atoms with van der Waals surface area (Å²) in [4.78, 5) is 260. The van der Waals surface area contributed by atoms with E-state index >= 15 is 0 Å². The fourth-order valence-electron chi connectivity index (χ4n) is 9.22. The van der Waals surface area contributed by atoms with E-state index in [4.69, 9.17) is 17.2 Å². The first kappa shape index (κ1) is 93.8. The maximum absolute atomic E-state index is 14.3. The molecule has 27 N–H and O–H groups in total. The Labute approximate surface area is 616 Å². The average Bonchev–Trinajstić information content (AvgIpc) is 0.871. The molecule has 0 aliphatic carbocycles. The lowest BCUT2D eigenvalue weighted by Gasteiger charge is -2.27. The average molecular weight is 1540 g/mol. The van der Waals surface area contributed by atoms with Crippen LogP contribution in [0.1, 0.15) is 105 Å². The number of hydrogen-bond donors (Lipinski definition) is 24. The van der Waals surface area contributed by atoms with Crippen LogP contribution in [0.3, 0.4) is 0 Å². The molecule has 15 amide bonds. The SMILES string of the molecule is CC(C)C[C@@H](NC(=O)[C@H](Cc1ccccc1)NC(=O)[C@@H](CC(=O)O)NC(=O)CNC(=O)[C@@H](CCC(=O)O)NC(=O)CNC(=O)[C@@H](CO)NC(=O)[C@@H](CC(=O)O)NC(=O)[C@@H](C)N)C(=O)N[C@H](C)C(=O)N[C@H](CCC(=O)O)C(=O)NCC(=O)NCC(=O)NCC(=O)[15NH][13C@H]([13C](=O)N[C@H](CCCN=C(N)N)C(=O)O)[13CH]([13CH3])[13CH3]. The topological polar surface area (TPSA) is 734 Å². The second-order valence-electron chi connectivity index (χ2n) is 25.0. The highest BCUT2D eigenvalue weighted by molar-refractivity contribution is 6.00. The van der Waals surface area contributed by atoms with Gasteiger partial charge in [-0.25, -0.2) is 4.79 Å². The predicted molar refractivity (Wildman–Crippen MR) is 371 cm³/mol. The van der Waals surface area contributed by atoms with Crippen molar-refractivity contribution >= 4 is 124 Å². The minimum Gasteiger partial charge on any atom is -0.481 e. The van der Waals surface area contributed by atoms with Crippen molar-refractivity contribution in [3.05, 3.63) is 35.9 Å². The Morgan fingerprint density at radius 2 is 0.796 bits per heavy atom. The molecule has 1 aromatic rings. The highest BCUT2D eigenvalue weighted by Gasteiger charge is 2.36. The molecule has 108 heavy (non-hydrogen) atoms. The summed E-state index contributed by atoms with van der Waals surface area (Å²) in [6.45, 7) is 3.35. The molecule has 0 spiro atoms. The molecule has 0 heterocycles. The number of aliphatic carboxylic acids is 5. The fourth-order valence-corrected chi connectivity index (χ4v) is 9.22. The van der Waals surface area contributed by atoms with Gasteiger partial charge >= 0.3 is 29.8 Å². The largest absolute Gasteiger partial charge is 0.481 e. The van der Waals surface area contributed by atoms with Gasteiger partial charge in [-0.3, -0.25) is 96.1 Å². The van der Waals surface area contributed by atoms with E-state index in [-0.39, 0.29) is 44.1 Å². The van der Waals surface area contributed by atoms with E-state index in [0.29, 0.717) is 5.56 Å². The predicted octanol–water partition coefficient (Wildman–Crippen LogP) is -10.5. The zero-order chi connectivity index (χ0) is 82.1. The van der Waals surface area contributed by atoms with Gasteiger partial charge in [0.05, 0.1) is 58.2 Å². The Balaban J connectivity index is 3.17. The van der Waals surface area contributed by atoms with Crippen molar-refractivity contribution in [1.29, 1.82) is 0 Å². The Bertz CT molecular complexity index is 3410. The molecule has 0 saturated carbocycles. The molecule has 1 aromatic carbocycles. The number of rotatable bonds is 51. The van der Waals surface area contributed by atoms with E-state index in [1.165, 1.54) is 19.1 Å². The molecule has 600 valence electrons. The quantitative estimate of drug-likeness (QED) is 0.00947. The third-order valence-electron chi connectivity index (χ3n) is 14.8. The molecule has 0 radical (unpaired) electrons. The molecule has 0 bridgehead atoms. The maximum Gasteiger partial charge on any atom is 0.326 e. The number of aliphatic hydroxyl groups excluding tert-OH is 1. The van der Waals surface area contributed by atoms with Gasteiger partial charge < -0.3 is 128 Å². The van der Waals surface area contributed by atoms with Crippen molar-refractivity contribution in [2.45, 2.75) is 172 Å². The highest BCUT2D eigenvalue weighted by Crippen LogP contribution is 2.11. The van der Waals surface area contributed by atoms with Crippen molar-refractivity contribution in [3.63, 3.8) is 0 Å². The summed E-state index contributed by atoms with van der Waals surface area (Å²) in [5.41, 5.74) is 16.4. The smallest absolute Gasteiger partial charge is 0.326 e. The number of carboxylic acid groups (broad SMARTS) is 5. The van der Waals surface area contributed by atoms with Gasteiger partial charge in [-0.05, 0) is 63.4 Å². The van der Waals surface area contributed by atoms with E-state index in [1.54, 1.807) is 45.9 Å². The van der Waals surface area contributed by atoms with Crippen molar-refractivity contribution in [1.82, 2.24) is 79.8 Å². The van der Waals surface area contributed by atoms with Crippen LogP contribution in [0.4, 0.5) is 0 Å². The molecule has 0 aliphatic heterocycles. The first-order valence-electron chi connectivity index (χ1n) is 33.5. The van der Waals surface area contributed by atoms with Crippen molar-refractivity contribution in [2.24, 2.45) is 34.0 Å². The Kier molecular flexibility index (Phi) is 42.4. The lowest BCUT2D eigenvalue weighted by molar-refractivity contribution is -0.143. The van der Waals surface area contributed by atoms with E-state index in [0.717, 1.165) is 6.92 Å². The van der Waals surface area contributed by atoms with Crippen molar-refractivity contribution in [2.75, 3.05) is 45.9 Å². The van der Waals surface area contributed by atoms with Crippen LogP contribution in [0, 0.1) is 11.8 Å². The van der Waals surface area contributed by atoms with Gasteiger partial charge in [0.1, 0.15) is 60.4 Å². The van der Waals surface area contributed by atoms with E-state index in [2.05, 4.69) is 74.1 Å². The number of nitrogens with two attached hydrogens (primary N) is 3. The van der Waals surface area contributed by atoms with Crippen LogP contribution in [-0.2, 0) is 102 Å². The molecule has 45 nitrogen and oxygen atoms in total. The molecular formula is C63H97N19O26. The number of aliphatic imine (C=N–C) groups is 1. The summed E-state index contributed by atoms with van der Waals surface area (Å²) < 4.78 is 0. The van der Waals surface area contributed by atoms with Crippen LogP contribution < -0.4 is 97.0 Å². The van der Waals surface area contributed by atoms with Crippen molar-refractivity contribution < 1.29 is 127 Å². The van der Waals surface area contributed by atoms with Gasteiger partial charge in [0.25, 0.3) is 0 Å². The molecular weight excluding hydrogens is 1440 g/mol. The Morgan fingerprint density at radius 1 is 0.398 bits per heavy atom. The number of guanidine groups is 1. The van der Waals surface area contributed by atoms with Crippen molar-refractivity contribution in [3.8, 4) is 0 Å². The van der Waals surface area contributed by atoms with Gasteiger partial charge in [-0.2, -0.15) is 0 Å². The molecule has 0 unspecified atom stereocenters. The zero-order valence-corrected chi connectivity index (χ0v) is 59.9. The Morgan fingerprint density at radius 3 is 1.26 bits per heavy atom. The standard InChI is InChI=1S/C63H97N19O26/c1-29(2)19-37(57(102)73-32(6)53(98)76-35(15-17-48(91)92)55(100)70-24-43(85)68-23-42(84)69-25-46(88)82-51(30(3)4)61(106)77-36(62(107)108)13-10-18-67-63(65)66)79-58(103)38(20-33-11-8-7-9-12-33)80-59(104)39(21-49(93)94)75-45(87)27-71-54(99)34(14-16-47(89)90)74-44(86)26-72-56(101)41(28-83)81-60(105)40(22-50(95)96)78-52(97)31(5)64/h7-9,11-12,29-32,34-41,51,83H,10,13-28,64H2,1-6H3,(H,68,85)(H,69,84)(H,70,100)(H,71,99)(H,72,101)(H,73,102)(H,74,86)(H,75,87)(H,76,98)(H,77,106)(H,78,97)(H,79,103)(H,80,104)(H,81,105)(H,82,88)(H,89,90)(H,91,92)(H,93,94)(H,95,96)(H,107,108)(H4,65,66,67)/t31-,32-,34-,35-,36-,37-,38+,39-,40-,41-,51+/m1/s1/i3+1,4+1,30+1,51+1,61+1,82+1. The summed E-state index contributed by atoms with van der Waals surface area (Å²) in [5.74, 6) is -24.9. The number of carbonyl (C=O) groups is 20. The molecule has 0 fully saturated rings. The minimum atomic E-state index is -2.02. The molecule has 11 atom stereocenters. The van der Waals surface area contributed by atoms with Crippen LogP contribution in [0.2, 0.25) is 0 Å². The van der Waals surface area contributed by atoms with Gasteiger partial charge in [-0.15, -0.1) is 0 Å². The highest BCUT2D eigenvalue weighted by atomic mass is 16.4. The number of aliphatic hydroxyl groups is 1. The molecule has 0 saturated heterocycles. The summed E-state index contributed by atoms with van der Waals surface area (Å²) >= 11 is 0. The molecule has 45 heteroatoms. The number of nitrogens with one attached hydrogen (secondary N) is 15. The number of benzene rings is 1. The number of nitrogens with zero attached hydrogens (tertiary/aromatic N) is 1. The van der Waals surface area contributed by atoms with Crippen LogP contribution in [-0.4, -0.2) is 267 Å². The second-order valence-corrected chi connectivity index (χ2v) is 25.0. The maximum atomic E-state index is 14.3. The van der Waals surface area contributed by atoms with E-state index in [9.17, 15) is 127 Å². The molecule has 0 aliphatic rings. The lowest BCUT2D eigenvalue weighted by Crippen LogP contribution is -2.59. The third kappa shape index (κ3) is 39.1. The number of carbonyl (C=O) groups excluding carboxylic acids is 15. The van der Waals surface area contributed by atoms with Gasteiger partial charge in [0.15, 0.2) is 5.96 Å². The number of amides is 15. The van der Waals surface area contributed by atoms with Crippen LogP contribution >= 0.6 is 0 Å². The molecule has 1 rings (SSSR count). The summed E-state index contributed by atoms with van der Waals surface area (Å²) in [6, 6.07) is -9.82. The third-order valence-corrected chi connectivity index (χ3v) is 14.8. The normalized spacial score (nSPS) is 13.8. The number of carboxylic acids is 5. The fraction of sp³-hybridized carbons (Fsp3) is 0.571.